The fourth-order valence-electron chi connectivity index (χ4n) is 2.49. The molecule has 3 nitrogen and oxygen atoms in total. The minimum atomic E-state index is -0.245. The lowest BCUT2D eigenvalue weighted by Crippen LogP contribution is -2.24. The van der Waals surface area contributed by atoms with Crippen molar-refractivity contribution < 1.29 is 4.39 Å². The summed E-state index contributed by atoms with van der Waals surface area (Å²) < 4.78 is 15.2. The van der Waals surface area contributed by atoms with Gasteiger partial charge in [0.15, 0.2) is 0 Å². The molecule has 0 fully saturated rings. The van der Waals surface area contributed by atoms with Crippen molar-refractivity contribution in [1.82, 2.24) is 14.9 Å². The Bertz CT molecular complexity index is 766. The van der Waals surface area contributed by atoms with Gasteiger partial charge >= 0.3 is 0 Å². The predicted molar refractivity (Wildman–Crippen MR) is 89.7 cm³/mol. The molecule has 0 amide bonds. The zero-order valence-corrected chi connectivity index (χ0v) is 13.5. The monoisotopic (exact) mass is 329 g/mol. The molecule has 1 heterocycles. The van der Waals surface area contributed by atoms with Crippen LogP contribution in [0.5, 0.6) is 0 Å². The Balaban J connectivity index is 1.85. The third-order valence-corrected chi connectivity index (χ3v) is 4.00. The summed E-state index contributed by atoms with van der Waals surface area (Å²) in [6, 6.07) is 14.1. The summed E-state index contributed by atoms with van der Waals surface area (Å²) in [5.74, 6) is 0.635. The van der Waals surface area contributed by atoms with Gasteiger partial charge < -0.3 is 4.57 Å². The van der Waals surface area contributed by atoms with E-state index in [1.807, 2.05) is 42.1 Å². The number of nitrogens with one attached hydrogen (secondary N) is 1. The second-order valence-electron chi connectivity index (χ2n) is 5.39. The maximum Gasteiger partial charge on any atom is 0.130 e. The summed E-state index contributed by atoms with van der Waals surface area (Å²) in [5.41, 5.74) is 2.09. The smallest absolute Gasteiger partial charge is 0.130 e. The highest BCUT2D eigenvalue weighted by molar-refractivity contribution is 6.30. The van der Waals surface area contributed by atoms with E-state index in [0.29, 0.717) is 11.6 Å². The summed E-state index contributed by atoms with van der Waals surface area (Å²) in [4.78, 5) is 4.43. The van der Waals surface area contributed by atoms with Gasteiger partial charge in [0, 0.05) is 31.0 Å². The van der Waals surface area contributed by atoms with Crippen molar-refractivity contribution in [2.75, 3.05) is 0 Å². The second kappa shape index (κ2) is 6.94. The minimum Gasteiger partial charge on any atom is -0.336 e. The maximum absolute atomic E-state index is 13.2. The lowest BCUT2D eigenvalue weighted by atomic mass is 10.1. The fourth-order valence-corrected chi connectivity index (χ4v) is 2.62. The van der Waals surface area contributed by atoms with Crippen LogP contribution >= 0.6 is 11.6 Å². The quantitative estimate of drug-likeness (QED) is 0.764. The summed E-state index contributed by atoms with van der Waals surface area (Å²) in [7, 11) is 1.95. The summed E-state index contributed by atoms with van der Waals surface area (Å²) >= 11 is 5.92. The molecule has 0 aliphatic rings. The van der Waals surface area contributed by atoms with Crippen LogP contribution in [0.15, 0.2) is 60.9 Å². The van der Waals surface area contributed by atoms with Crippen LogP contribution in [0.4, 0.5) is 4.39 Å². The molecule has 2 aromatic carbocycles. The number of hydrogen-bond acceptors (Lipinski definition) is 2. The standard InChI is InChI=1S/C18H17ClFN3/c1-23-11-10-21-18(23)17(14-4-8-16(20)9-5-14)22-12-13-2-6-15(19)7-3-13/h2-11,17,22H,12H2,1H3. The molecule has 0 saturated carbocycles. The molecule has 0 radical (unpaired) electrons. The molecule has 0 saturated heterocycles. The van der Waals surface area contributed by atoms with Crippen LogP contribution in [0.2, 0.25) is 5.02 Å². The van der Waals surface area contributed by atoms with E-state index in [1.54, 1.807) is 18.3 Å². The van der Waals surface area contributed by atoms with E-state index in [9.17, 15) is 4.39 Å². The number of imidazole rings is 1. The van der Waals surface area contributed by atoms with Crippen LogP contribution in [0.25, 0.3) is 0 Å². The Hall–Kier alpha value is -2.17. The average Bonchev–Trinajstić information content (AvgIpc) is 2.97. The van der Waals surface area contributed by atoms with Gasteiger partial charge in [0.25, 0.3) is 0 Å². The van der Waals surface area contributed by atoms with Crippen molar-refractivity contribution in [3.05, 3.63) is 88.7 Å². The fraction of sp³-hybridized carbons (Fsp3) is 0.167. The molecule has 23 heavy (non-hydrogen) atoms. The number of rotatable bonds is 5. The van der Waals surface area contributed by atoms with Crippen LogP contribution in [0.3, 0.4) is 0 Å². The number of hydrogen-bond donors (Lipinski definition) is 1. The van der Waals surface area contributed by atoms with Gasteiger partial charge in [-0.25, -0.2) is 9.37 Å². The molecule has 0 aliphatic heterocycles. The zero-order valence-electron chi connectivity index (χ0n) is 12.7. The first-order valence-corrected chi connectivity index (χ1v) is 7.72. The highest BCUT2D eigenvalue weighted by Gasteiger charge is 2.17. The molecule has 3 aromatic rings. The number of halogens is 2. The number of nitrogens with zero attached hydrogens (tertiary/aromatic N) is 2. The van der Waals surface area contributed by atoms with Gasteiger partial charge in [-0.2, -0.15) is 0 Å². The third kappa shape index (κ3) is 3.78. The van der Waals surface area contributed by atoms with Gasteiger partial charge in [0.2, 0.25) is 0 Å². The second-order valence-corrected chi connectivity index (χ2v) is 5.82. The summed E-state index contributed by atoms with van der Waals surface area (Å²) in [6.07, 6.45) is 3.66. The molecule has 0 bridgehead atoms. The van der Waals surface area contributed by atoms with Crippen molar-refractivity contribution in [2.24, 2.45) is 7.05 Å². The van der Waals surface area contributed by atoms with Crippen molar-refractivity contribution >= 4 is 11.6 Å². The van der Waals surface area contributed by atoms with Gasteiger partial charge in [-0.3, -0.25) is 5.32 Å². The van der Waals surface area contributed by atoms with Gasteiger partial charge in [0.05, 0.1) is 6.04 Å². The van der Waals surface area contributed by atoms with Crippen molar-refractivity contribution in [2.45, 2.75) is 12.6 Å². The summed E-state index contributed by atoms with van der Waals surface area (Å²) in [5, 5.41) is 4.20. The van der Waals surface area contributed by atoms with Crippen LogP contribution in [0.1, 0.15) is 23.0 Å². The molecule has 1 atom stereocenters. The molecule has 5 heteroatoms. The van der Waals surface area contributed by atoms with Crippen LogP contribution < -0.4 is 5.32 Å². The highest BCUT2D eigenvalue weighted by atomic mass is 35.5. The molecular formula is C18H17ClFN3. The first kappa shape index (κ1) is 15.7. The Morgan fingerprint density at radius 1 is 1.13 bits per heavy atom. The minimum absolute atomic E-state index is 0.119. The van der Waals surface area contributed by atoms with Crippen LogP contribution in [-0.2, 0) is 13.6 Å². The van der Waals surface area contributed by atoms with E-state index in [0.717, 1.165) is 17.0 Å². The maximum atomic E-state index is 13.2. The van der Waals surface area contributed by atoms with Gasteiger partial charge in [-0.1, -0.05) is 35.9 Å². The molecular weight excluding hydrogens is 313 g/mol. The molecule has 118 valence electrons. The zero-order chi connectivity index (χ0) is 16.2. The van der Waals surface area contributed by atoms with Crippen LogP contribution in [0, 0.1) is 5.82 Å². The topological polar surface area (TPSA) is 29.9 Å². The first-order chi connectivity index (χ1) is 11.1. The molecule has 0 aliphatic carbocycles. The van der Waals surface area contributed by atoms with Gasteiger partial charge in [0.1, 0.15) is 11.6 Å². The Kier molecular flexibility index (Phi) is 4.74. The summed E-state index contributed by atoms with van der Waals surface area (Å²) in [6.45, 7) is 0.659. The molecule has 1 N–H and O–H groups in total. The van der Waals surface area contributed by atoms with E-state index < -0.39 is 0 Å². The average molecular weight is 330 g/mol. The number of aromatic nitrogens is 2. The van der Waals surface area contributed by atoms with Gasteiger partial charge in [-0.05, 0) is 35.4 Å². The number of aryl methyl sites for hydroxylation is 1. The van der Waals surface area contributed by atoms with Crippen LogP contribution in [-0.4, -0.2) is 9.55 Å². The first-order valence-electron chi connectivity index (χ1n) is 7.34. The van der Waals surface area contributed by atoms with E-state index in [2.05, 4.69) is 10.3 Å². The molecule has 1 aromatic heterocycles. The number of benzene rings is 2. The van der Waals surface area contributed by atoms with Gasteiger partial charge in [-0.15, -0.1) is 0 Å². The Labute approximate surface area is 139 Å². The molecule has 3 rings (SSSR count). The lowest BCUT2D eigenvalue weighted by molar-refractivity contribution is 0.555. The third-order valence-electron chi connectivity index (χ3n) is 3.74. The van der Waals surface area contributed by atoms with E-state index in [1.165, 1.54) is 12.1 Å². The van der Waals surface area contributed by atoms with E-state index in [-0.39, 0.29) is 11.9 Å². The largest absolute Gasteiger partial charge is 0.336 e. The molecule has 1 unspecified atom stereocenters. The normalized spacial score (nSPS) is 12.3. The Morgan fingerprint density at radius 3 is 2.43 bits per heavy atom. The van der Waals surface area contributed by atoms with E-state index >= 15 is 0 Å². The van der Waals surface area contributed by atoms with Crippen molar-refractivity contribution in [3.8, 4) is 0 Å². The van der Waals surface area contributed by atoms with Crippen molar-refractivity contribution in [1.29, 1.82) is 0 Å². The molecule has 0 spiro atoms. The lowest BCUT2D eigenvalue weighted by Gasteiger charge is -2.19. The highest BCUT2D eigenvalue weighted by Crippen LogP contribution is 2.21. The Morgan fingerprint density at radius 2 is 1.83 bits per heavy atom. The van der Waals surface area contributed by atoms with E-state index in [4.69, 9.17) is 11.6 Å². The SMILES string of the molecule is Cn1ccnc1C(NCc1ccc(Cl)cc1)c1ccc(F)cc1. The predicted octanol–water partition coefficient (Wildman–Crippen LogP) is 4.09. The van der Waals surface area contributed by atoms with Crippen molar-refractivity contribution in [3.63, 3.8) is 0 Å².